The van der Waals surface area contributed by atoms with Crippen molar-refractivity contribution in [1.82, 2.24) is 0 Å². The predicted octanol–water partition coefficient (Wildman–Crippen LogP) is 22.8. The third-order valence-electron chi connectivity index (χ3n) is 14.0. The van der Waals surface area contributed by atoms with Crippen LogP contribution in [0.4, 0.5) is 0 Å². The summed E-state index contributed by atoms with van der Waals surface area (Å²) in [5.41, 5.74) is 0. The Morgan fingerprint density at radius 2 is 0.494 bits per heavy atom. The van der Waals surface area contributed by atoms with Crippen LogP contribution in [0.2, 0.25) is 0 Å². The van der Waals surface area contributed by atoms with Crippen LogP contribution in [0.25, 0.3) is 0 Å². The van der Waals surface area contributed by atoms with Gasteiger partial charge in [0, 0.05) is 19.3 Å². The van der Waals surface area contributed by atoms with Gasteiger partial charge < -0.3 is 14.2 Å². The second kappa shape index (κ2) is 66.3. The molecule has 1 atom stereocenters. The van der Waals surface area contributed by atoms with Crippen molar-refractivity contribution in [2.24, 2.45) is 0 Å². The van der Waals surface area contributed by atoms with Gasteiger partial charge in [-0.3, -0.25) is 14.4 Å². The fraction of sp³-hybridized carbons (Fsp3) is 0.685. The maximum Gasteiger partial charge on any atom is 0.306 e. The van der Waals surface area contributed by atoms with Crippen molar-refractivity contribution in [3.63, 3.8) is 0 Å². The standard InChI is InChI=1S/C73H122O6/c1-4-7-10-13-16-19-22-25-27-28-29-30-31-32-33-34-35-36-37-38-39-40-41-42-43-44-46-48-51-54-57-60-63-66-72(75)78-69-70(68-77-71(74)65-62-59-56-53-50-47-24-21-18-15-12-9-6-3)79-73(76)67-64-61-58-55-52-49-45-26-23-20-17-14-11-8-5-2/h7,10,16,19,21,24-25,27,29-30,32-33,35-36,38-39,41-42,44,46,70H,4-6,8-9,11-15,17-18,20,22-23,26,28,31,34,37,40,43,45,47-69H2,1-3H3/b10-7-,19-16-,24-21-,27-25-,30-29-,33-32-,36-35-,39-38-,42-41-,46-44-. The Bertz CT molecular complexity index is 1640. The Balaban J connectivity index is 4.31. The van der Waals surface area contributed by atoms with E-state index in [0.29, 0.717) is 19.3 Å². The Morgan fingerprint density at radius 1 is 0.266 bits per heavy atom. The molecule has 6 nitrogen and oxygen atoms in total. The minimum absolute atomic E-state index is 0.0874. The van der Waals surface area contributed by atoms with Gasteiger partial charge in [-0.2, -0.15) is 0 Å². The monoisotopic (exact) mass is 1090 g/mol. The molecule has 0 bridgehead atoms. The van der Waals surface area contributed by atoms with Gasteiger partial charge in [0.05, 0.1) is 0 Å². The number of unbranched alkanes of at least 4 members (excludes halogenated alkanes) is 28. The molecule has 0 aromatic heterocycles. The maximum absolute atomic E-state index is 12.9. The maximum atomic E-state index is 12.9. The van der Waals surface area contributed by atoms with Crippen LogP contribution in [0.3, 0.4) is 0 Å². The lowest BCUT2D eigenvalue weighted by molar-refractivity contribution is -0.167. The molecule has 0 radical (unpaired) electrons. The summed E-state index contributed by atoms with van der Waals surface area (Å²) in [6.07, 6.45) is 92.1. The Morgan fingerprint density at radius 3 is 0.797 bits per heavy atom. The quantitative estimate of drug-likeness (QED) is 0.0261. The molecule has 0 N–H and O–H groups in total. The SMILES string of the molecule is CC/C=C\C/C=C\C/C=C\C/C=C\C/C=C\C/C=C\C/C=C\C/C=C\C/C=C\CCCCCCCC(=O)OCC(COC(=O)CCCCCCC/C=C\CCCCCC)OC(=O)CCCCCCCCCCCCCCCCC. The van der Waals surface area contributed by atoms with Gasteiger partial charge in [-0.1, -0.05) is 290 Å². The second-order valence-corrected chi connectivity index (χ2v) is 21.6. The first-order valence-electron chi connectivity index (χ1n) is 33.0. The van der Waals surface area contributed by atoms with Crippen LogP contribution in [-0.4, -0.2) is 37.2 Å². The highest BCUT2D eigenvalue weighted by Crippen LogP contribution is 2.16. The van der Waals surface area contributed by atoms with E-state index in [1.807, 2.05) is 0 Å². The molecule has 0 spiro atoms. The lowest BCUT2D eigenvalue weighted by atomic mass is 10.0. The molecular formula is C73H122O6. The van der Waals surface area contributed by atoms with Crippen LogP contribution >= 0.6 is 0 Å². The smallest absolute Gasteiger partial charge is 0.306 e. The van der Waals surface area contributed by atoms with Crippen molar-refractivity contribution in [3.05, 3.63) is 122 Å². The molecule has 0 saturated heterocycles. The van der Waals surface area contributed by atoms with E-state index < -0.39 is 6.10 Å². The largest absolute Gasteiger partial charge is 0.462 e. The normalized spacial score (nSPS) is 12.9. The summed E-state index contributed by atoms with van der Waals surface area (Å²) in [5.74, 6) is -0.907. The van der Waals surface area contributed by atoms with E-state index in [4.69, 9.17) is 14.2 Å². The van der Waals surface area contributed by atoms with E-state index in [1.54, 1.807) is 0 Å². The molecule has 1 unspecified atom stereocenters. The number of hydrogen-bond acceptors (Lipinski definition) is 6. The van der Waals surface area contributed by atoms with E-state index in [2.05, 4.69) is 142 Å². The Labute approximate surface area is 488 Å². The van der Waals surface area contributed by atoms with Gasteiger partial charge >= 0.3 is 17.9 Å². The number of carbonyl (C=O) groups is 3. The van der Waals surface area contributed by atoms with Crippen molar-refractivity contribution in [3.8, 4) is 0 Å². The fourth-order valence-corrected chi connectivity index (χ4v) is 9.02. The van der Waals surface area contributed by atoms with E-state index in [0.717, 1.165) is 141 Å². The minimum Gasteiger partial charge on any atom is -0.462 e. The number of ether oxygens (including phenoxy) is 3. The molecule has 0 heterocycles. The van der Waals surface area contributed by atoms with Gasteiger partial charge in [0.1, 0.15) is 13.2 Å². The molecule has 450 valence electrons. The van der Waals surface area contributed by atoms with Crippen molar-refractivity contribution >= 4 is 17.9 Å². The number of allylic oxidation sites excluding steroid dienone is 20. The summed E-state index contributed by atoms with van der Waals surface area (Å²) in [6.45, 7) is 6.51. The summed E-state index contributed by atoms with van der Waals surface area (Å²) in [4.78, 5) is 38.3. The highest BCUT2D eigenvalue weighted by molar-refractivity contribution is 5.71. The molecule has 0 aromatic carbocycles. The highest BCUT2D eigenvalue weighted by Gasteiger charge is 2.19. The van der Waals surface area contributed by atoms with Crippen LogP contribution < -0.4 is 0 Å². The summed E-state index contributed by atoms with van der Waals surface area (Å²) in [5, 5.41) is 0. The first-order chi connectivity index (χ1) is 39.0. The third-order valence-corrected chi connectivity index (χ3v) is 14.0. The van der Waals surface area contributed by atoms with E-state index in [1.165, 1.54) is 122 Å². The molecule has 0 aliphatic carbocycles. The zero-order valence-electron chi connectivity index (χ0n) is 51.6. The van der Waals surface area contributed by atoms with Crippen LogP contribution in [0.15, 0.2) is 122 Å². The zero-order valence-corrected chi connectivity index (χ0v) is 51.6. The van der Waals surface area contributed by atoms with Crippen LogP contribution in [0.5, 0.6) is 0 Å². The topological polar surface area (TPSA) is 78.9 Å². The van der Waals surface area contributed by atoms with E-state index in [9.17, 15) is 14.4 Å². The molecular weight excluding hydrogens is 973 g/mol. The summed E-state index contributed by atoms with van der Waals surface area (Å²) in [6, 6.07) is 0. The van der Waals surface area contributed by atoms with Gasteiger partial charge in [0.2, 0.25) is 0 Å². The highest BCUT2D eigenvalue weighted by atomic mass is 16.6. The molecule has 0 fully saturated rings. The molecule has 0 aromatic rings. The van der Waals surface area contributed by atoms with Crippen molar-refractivity contribution in [1.29, 1.82) is 0 Å². The average molecular weight is 1100 g/mol. The van der Waals surface area contributed by atoms with Crippen LogP contribution in [0, 0.1) is 0 Å². The number of esters is 3. The zero-order chi connectivity index (χ0) is 57.1. The summed E-state index contributed by atoms with van der Waals surface area (Å²) in [7, 11) is 0. The molecule has 0 rings (SSSR count). The van der Waals surface area contributed by atoms with Crippen molar-refractivity contribution in [2.75, 3.05) is 13.2 Å². The molecule has 6 heteroatoms. The predicted molar refractivity (Wildman–Crippen MR) is 343 cm³/mol. The molecule has 79 heavy (non-hydrogen) atoms. The van der Waals surface area contributed by atoms with Crippen molar-refractivity contribution in [2.45, 2.75) is 309 Å². The Kier molecular flexibility index (Phi) is 62.8. The molecule has 0 aliphatic heterocycles. The number of hydrogen-bond donors (Lipinski definition) is 0. The van der Waals surface area contributed by atoms with E-state index in [-0.39, 0.29) is 31.1 Å². The fourth-order valence-electron chi connectivity index (χ4n) is 9.02. The average Bonchev–Trinajstić information content (AvgIpc) is 3.45. The Hall–Kier alpha value is -4.19. The van der Waals surface area contributed by atoms with E-state index >= 15 is 0 Å². The lowest BCUT2D eigenvalue weighted by Gasteiger charge is -2.18. The summed E-state index contributed by atoms with van der Waals surface area (Å²) >= 11 is 0. The molecule has 0 aliphatic rings. The number of rotatable bonds is 59. The number of carbonyl (C=O) groups excluding carboxylic acids is 3. The lowest BCUT2D eigenvalue weighted by Crippen LogP contribution is -2.30. The van der Waals surface area contributed by atoms with Gasteiger partial charge in [0.25, 0.3) is 0 Å². The molecule has 0 saturated carbocycles. The summed E-state index contributed by atoms with van der Waals surface area (Å²) < 4.78 is 16.9. The van der Waals surface area contributed by atoms with Gasteiger partial charge in [-0.25, -0.2) is 0 Å². The third kappa shape index (κ3) is 64.5. The van der Waals surface area contributed by atoms with Crippen LogP contribution in [-0.2, 0) is 28.6 Å². The first-order valence-corrected chi connectivity index (χ1v) is 33.0. The van der Waals surface area contributed by atoms with Gasteiger partial charge in [0.15, 0.2) is 6.10 Å². The first kappa shape index (κ1) is 74.8. The molecule has 0 amide bonds. The van der Waals surface area contributed by atoms with Crippen molar-refractivity contribution < 1.29 is 28.6 Å². The minimum atomic E-state index is -0.790. The second-order valence-electron chi connectivity index (χ2n) is 21.6. The van der Waals surface area contributed by atoms with Gasteiger partial charge in [-0.05, 0) is 116 Å². The van der Waals surface area contributed by atoms with Crippen LogP contribution in [0.1, 0.15) is 303 Å². The van der Waals surface area contributed by atoms with Gasteiger partial charge in [-0.15, -0.1) is 0 Å².